The molecule has 1 aliphatic rings. The number of thiophene rings is 1. The molecule has 0 bridgehead atoms. The van der Waals surface area contributed by atoms with Gasteiger partial charge in [-0.3, -0.25) is 0 Å². The molecule has 1 saturated carbocycles. The van der Waals surface area contributed by atoms with Crippen LogP contribution >= 0.6 is 22.9 Å². The van der Waals surface area contributed by atoms with Crippen molar-refractivity contribution in [3.63, 3.8) is 0 Å². The van der Waals surface area contributed by atoms with Gasteiger partial charge in [0.1, 0.15) is 0 Å². The first kappa shape index (κ1) is 13.2. The molecular weight excluding hydrogens is 266 g/mol. The quantitative estimate of drug-likeness (QED) is 0.883. The smallest absolute Gasteiger partial charge is 0.248 e. The second-order valence-corrected chi connectivity index (χ2v) is 6.47. The van der Waals surface area contributed by atoms with Gasteiger partial charge in [-0.25, -0.2) is 8.78 Å². The highest BCUT2D eigenvalue weighted by Crippen LogP contribution is 2.38. The van der Waals surface area contributed by atoms with E-state index in [9.17, 15) is 13.9 Å². The highest BCUT2D eigenvalue weighted by atomic mass is 35.5. The average Bonchev–Trinajstić information content (AvgIpc) is 2.63. The molecule has 17 heavy (non-hydrogen) atoms. The van der Waals surface area contributed by atoms with Gasteiger partial charge in [-0.2, -0.15) is 0 Å². The first-order valence-electron chi connectivity index (χ1n) is 5.76. The van der Waals surface area contributed by atoms with Crippen LogP contribution in [-0.4, -0.2) is 17.1 Å². The Morgan fingerprint density at radius 2 is 2.06 bits per heavy atom. The van der Waals surface area contributed by atoms with Gasteiger partial charge in [-0.1, -0.05) is 11.6 Å². The monoisotopic (exact) mass is 280 g/mol. The number of aliphatic hydroxyl groups is 1. The Labute approximate surface area is 108 Å². The average molecular weight is 281 g/mol. The van der Waals surface area contributed by atoms with Crippen LogP contribution in [0.4, 0.5) is 8.78 Å². The van der Waals surface area contributed by atoms with Gasteiger partial charge in [-0.15, -0.1) is 11.3 Å². The maximum atomic E-state index is 13.0. The van der Waals surface area contributed by atoms with E-state index in [1.165, 1.54) is 11.3 Å². The number of hydrogen-bond donors (Lipinski definition) is 1. The molecule has 0 aliphatic heterocycles. The van der Waals surface area contributed by atoms with Crippen LogP contribution in [-0.2, 0) is 6.42 Å². The molecule has 96 valence electrons. The van der Waals surface area contributed by atoms with E-state index in [-0.39, 0.29) is 18.8 Å². The molecule has 0 amide bonds. The van der Waals surface area contributed by atoms with Crippen LogP contribution < -0.4 is 0 Å². The molecule has 0 spiro atoms. The molecular formula is C12H15ClF2OS. The molecule has 5 heteroatoms. The fourth-order valence-electron chi connectivity index (χ4n) is 2.28. The van der Waals surface area contributed by atoms with E-state index in [2.05, 4.69) is 0 Å². The Morgan fingerprint density at radius 3 is 2.59 bits per heavy atom. The third-order valence-corrected chi connectivity index (χ3v) is 4.60. The Kier molecular flexibility index (Phi) is 4.06. The molecule has 1 aromatic heterocycles. The summed E-state index contributed by atoms with van der Waals surface area (Å²) in [4.78, 5) is 1.01. The largest absolute Gasteiger partial charge is 0.392 e. The molecule has 1 atom stereocenters. The van der Waals surface area contributed by atoms with E-state index in [0.717, 1.165) is 4.88 Å². The van der Waals surface area contributed by atoms with Crippen molar-refractivity contribution in [1.82, 2.24) is 0 Å². The van der Waals surface area contributed by atoms with Crippen molar-refractivity contribution in [3.8, 4) is 0 Å². The van der Waals surface area contributed by atoms with Crippen LogP contribution in [0.2, 0.25) is 4.34 Å². The maximum Gasteiger partial charge on any atom is 0.248 e. The molecule has 2 rings (SSSR count). The summed E-state index contributed by atoms with van der Waals surface area (Å²) in [6, 6.07) is 3.68. The Bertz CT molecular complexity index is 370. The van der Waals surface area contributed by atoms with Crippen molar-refractivity contribution in [1.29, 1.82) is 0 Å². The summed E-state index contributed by atoms with van der Waals surface area (Å²) < 4.78 is 26.6. The van der Waals surface area contributed by atoms with Gasteiger partial charge in [-0.05, 0) is 30.9 Å². The summed E-state index contributed by atoms with van der Waals surface area (Å²) in [5.74, 6) is -2.53. The highest BCUT2D eigenvalue weighted by molar-refractivity contribution is 7.16. The van der Waals surface area contributed by atoms with E-state index in [1.54, 1.807) is 6.07 Å². The Morgan fingerprint density at radius 1 is 1.41 bits per heavy atom. The van der Waals surface area contributed by atoms with Gasteiger partial charge >= 0.3 is 0 Å². The predicted octanol–water partition coefficient (Wildman–Crippen LogP) is 4.13. The van der Waals surface area contributed by atoms with Gasteiger partial charge in [0.15, 0.2) is 0 Å². The van der Waals surface area contributed by atoms with Gasteiger partial charge in [0.25, 0.3) is 0 Å². The second kappa shape index (κ2) is 5.21. The van der Waals surface area contributed by atoms with E-state index < -0.39 is 12.0 Å². The lowest BCUT2D eigenvalue weighted by atomic mass is 9.82. The highest BCUT2D eigenvalue weighted by Gasteiger charge is 2.37. The molecule has 1 fully saturated rings. The number of hydrogen-bond acceptors (Lipinski definition) is 2. The van der Waals surface area contributed by atoms with E-state index >= 15 is 0 Å². The number of rotatable bonds is 3. The Hall–Kier alpha value is -0.190. The van der Waals surface area contributed by atoms with Crippen LogP contribution in [0.5, 0.6) is 0 Å². The summed E-state index contributed by atoms with van der Waals surface area (Å²) >= 11 is 7.24. The first-order valence-corrected chi connectivity index (χ1v) is 6.96. The lowest BCUT2D eigenvalue weighted by Crippen LogP contribution is -2.32. The fourth-order valence-corrected chi connectivity index (χ4v) is 3.42. The molecule has 1 aromatic rings. The van der Waals surface area contributed by atoms with Gasteiger partial charge in [0.2, 0.25) is 5.92 Å². The van der Waals surface area contributed by atoms with Crippen LogP contribution in [0.3, 0.4) is 0 Å². The van der Waals surface area contributed by atoms with E-state index in [4.69, 9.17) is 11.6 Å². The van der Waals surface area contributed by atoms with Crippen molar-refractivity contribution in [2.45, 2.75) is 44.1 Å². The van der Waals surface area contributed by atoms with Gasteiger partial charge in [0.05, 0.1) is 10.4 Å². The van der Waals surface area contributed by atoms with Gasteiger partial charge in [0, 0.05) is 24.1 Å². The number of aliphatic hydroxyl groups excluding tert-OH is 1. The van der Waals surface area contributed by atoms with Crippen molar-refractivity contribution < 1.29 is 13.9 Å². The van der Waals surface area contributed by atoms with Crippen LogP contribution in [0, 0.1) is 5.92 Å². The lowest BCUT2D eigenvalue weighted by Gasteiger charge is -2.31. The summed E-state index contributed by atoms with van der Waals surface area (Å²) in [6.45, 7) is 0. The summed E-state index contributed by atoms with van der Waals surface area (Å²) in [7, 11) is 0. The maximum absolute atomic E-state index is 13.0. The minimum absolute atomic E-state index is 0.00417. The SMILES string of the molecule is OC(Cc1ccc(Cl)s1)C1CCC(F)(F)CC1. The lowest BCUT2D eigenvalue weighted by molar-refractivity contribution is -0.0618. The fraction of sp³-hybridized carbons (Fsp3) is 0.667. The summed E-state index contributed by atoms with van der Waals surface area (Å²) in [5, 5.41) is 10.0. The minimum atomic E-state index is -2.53. The van der Waals surface area contributed by atoms with Crippen molar-refractivity contribution >= 4 is 22.9 Å². The topological polar surface area (TPSA) is 20.2 Å². The normalized spacial score (nSPS) is 22.6. The van der Waals surface area contributed by atoms with E-state index in [1.807, 2.05) is 6.07 Å². The van der Waals surface area contributed by atoms with Crippen LogP contribution in [0.25, 0.3) is 0 Å². The van der Waals surface area contributed by atoms with Crippen molar-refractivity contribution in [2.24, 2.45) is 5.92 Å². The van der Waals surface area contributed by atoms with Crippen LogP contribution in [0.1, 0.15) is 30.6 Å². The van der Waals surface area contributed by atoms with E-state index in [0.29, 0.717) is 23.6 Å². The zero-order valence-corrected chi connectivity index (χ0v) is 10.9. The van der Waals surface area contributed by atoms with Crippen molar-refractivity contribution in [2.75, 3.05) is 0 Å². The molecule has 1 aliphatic carbocycles. The van der Waals surface area contributed by atoms with Crippen molar-refractivity contribution in [3.05, 3.63) is 21.3 Å². The second-order valence-electron chi connectivity index (χ2n) is 4.67. The molecule has 0 aromatic carbocycles. The third kappa shape index (κ3) is 3.63. The molecule has 1 N–H and O–H groups in total. The minimum Gasteiger partial charge on any atom is -0.392 e. The van der Waals surface area contributed by atoms with Gasteiger partial charge < -0.3 is 5.11 Å². The molecule has 0 radical (unpaired) electrons. The third-order valence-electron chi connectivity index (χ3n) is 3.35. The zero-order valence-electron chi connectivity index (χ0n) is 9.33. The standard InChI is InChI=1S/C12H15ClF2OS/c13-11-2-1-9(17-11)7-10(16)8-3-5-12(14,15)6-4-8/h1-2,8,10,16H,3-7H2. The summed E-state index contributed by atoms with van der Waals surface area (Å²) in [5.41, 5.74) is 0. The Balaban J connectivity index is 1.87. The first-order chi connectivity index (χ1) is 7.96. The molecule has 1 heterocycles. The number of halogens is 3. The molecule has 1 nitrogen and oxygen atoms in total. The predicted molar refractivity (Wildman–Crippen MR) is 65.9 cm³/mol. The van der Waals surface area contributed by atoms with Crippen LogP contribution in [0.15, 0.2) is 12.1 Å². The number of alkyl halides is 2. The zero-order chi connectivity index (χ0) is 12.5. The molecule has 0 saturated heterocycles. The summed E-state index contributed by atoms with van der Waals surface area (Å²) in [6.07, 6.45) is 0.620. The molecule has 1 unspecified atom stereocenters.